The van der Waals surface area contributed by atoms with E-state index in [1.54, 1.807) is 12.1 Å². The molecule has 0 fully saturated rings. The minimum Gasteiger partial charge on any atom is -0.355 e. The van der Waals surface area contributed by atoms with Crippen molar-refractivity contribution in [1.29, 1.82) is 0 Å². The van der Waals surface area contributed by atoms with Crippen LogP contribution in [0, 0.1) is 5.92 Å². The Morgan fingerprint density at radius 1 is 1.24 bits per heavy atom. The van der Waals surface area contributed by atoms with E-state index < -0.39 is 5.51 Å². The Morgan fingerprint density at radius 2 is 1.86 bits per heavy atom. The highest BCUT2D eigenvalue weighted by Crippen LogP contribution is 2.36. The van der Waals surface area contributed by atoms with Crippen molar-refractivity contribution in [3.8, 4) is 0 Å². The van der Waals surface area contributed by atoms with Gasteiger partial charge in [-0.05, 0) is 35.4 Å². The van der Waals surface area contributed by atoms with Gasteiger partial charge in [-0.25, -0.2) is 0 Å². The van der Waals surface area contributed by atoms with Crippen LogP contribution in [-0.4, -0.2) is 24.5 Å². The topological polar surface area (TPSA) is 41.1 Å². The maximum absolute atomic E-state index is 12.2. The van der Waals surface area contributed by atoms with Gasteiger partial charge >= 0.3 is 5.51 Å². The first-order valence-corrected chi connectivity index (χ1v) is 7.40. The first-order valence-electron chi connectivity index (χ1n) is 6.58. The van der Waals surface area contributed by atoms with Crippen molar-refractivity contribution in [3.63, 3.8) is 0 Å². The molecule has 0 saturated heterocycles. The third-order valence-electron chi connectivity index (χ3n) is 2.48. The molecule has 0 heterocycles. The van der Waals surface area contributed by atoms with Crippen LogP contribution in [0.5, 0.6) is 0 Å². The summed E-state index contributed by atoms with van der Waals surface area (Å²) >= 11 is -0.137. The summed E-state index contributed by atoms with van der Waals surface area (Å²) in [6.45, 7) is 5.27. The fourth-order valence-corrected chi connectivity index (χ4v) is 2.05. The summed E-state index contributed by atoms with van der Waals surface area (Å²) in [6.07, 6.45) is 0. The van der Waals surface area contributed by atoms with Crippen LogP contribution in [-0.2, 0) is 11.3 Å². The number of thioether (sulfide) groups is 1. The molecule has 0 aliphatic heterocycles. The van der Waals surface area contributed by atoms with E-state index in [0.29, 0.717) is 19.0 Å². The number of nitrogens with one attached hydrogen (secondary N) is 2. The average Bonchev–Trinajstić information content (AvgIpc) is 2.37. The number of alkyl halides is 3. The van der Waals surface area contributed by atoms with Gasteiger partial charge in [-0.2, -0.15) is 13.2 Å². The Balaban J connectivity index is 2.31. The van der Waals surface area contributed by atoms with Crippen LogP contribution in [0.4, 0.5) is 13.2 Å². The monoisotopic (exact) mass is 320 g/mol. The molecule has 2 N–H and O–H groups in total. The molecule has 0 atom stereocenters. The Hall–Kier alpha value is -1.21. The van der Waals surface area contributed by atoms with Crippen molar-refractivity contribution in [2.75, 3.05) is 13.1 Å². The van der Waals surface area contributed by atoms with Crippen molar-refractivity contribution >= 4 is 17.7 Å². The fourth-order valence-electron chi connectivity index (χ4n) is 1.51. The lowest BCUT2D eigenvalue weighted by molar-refractivity contribution is -0.120. The largest absolute Gasteiger partial charge is 0.446 e. The second-order valence-corrected chi connectivity index (χ2v) is 6.13. The van der Waals surface area contributed by atoms with Crippen molar-refractivity contribution in [3.05, 3.63) is 29.8 Å². The van der Waals surface area contributed by atoms with Crippen molar-refractivity contribution in [2.24, 2.45) is 5.92 Å². The van der Waals surface area contributed by atoms with Crippen LogP contribution in [0.2, 0.25) is 0 Å². The lowest BCUT2D eigenvalue weighted by atomic mass is 10.2. The third kappa shape index (κ3) is 8.62. The summed E-state index contributed by atoms with van der Waals surface area (Å²) in [5.74, 6) is 0.306. The molecular weight excluding hydrogens is 301 g/mol. The van der Waals surface area contributed by atoms with Gasteiger partial charge in [0.15, 0.2) is 0 Å². The molecule has 118 valence electrons. The summed E-state index contributed by atoms with van der Waals surface area (Å²) in [7, 11) is 0. The van der Waals surface area contributed by atoms with Crippen LogP contribution in [0.3, 0.4) is 0 Å². The first kappa shape index (κ1) is 17.8. The molecule has 0 saturated carbocycles. The number of carbonyl (C=O) groups excluding carboxylic acids is 1. The Kier molecular flexibility index (Phi) is 7.04. The molecular formula is C14H19F3N2OS. The molecule has 0 radical (unpaired) electrons. The highest BCUT2D eigenvalue weighted by molar-refractivity contribution is 8.00. The fraction of sp³-hybridized carbons (Fsp3) is 0.500. The normalized spacial score (nSPS) is 11.7. The number of rotatable bonds is 7. The molecule has 7 heteroatoms. The highest BCUT2D eigenvalue weighted by atomic mass is 32.2. The van der Waals surface area contributed by atoms with Gasteiger partial charge in [0.2, 0.25) is 5.91 Å². The van der Waals surface area contributed by atoms with E-state index in [1.165, 1.54) is 12.1 Å². The molecule has 0 aliphatic carbocycles. The first-order chi connectivity index (χ1) is 9.76. The molecule has 1 aromatic carbocycles. The van der Waals surface area contributed by atoms with Gasteiger partial charge in [0.05, 0.1) is 6.54 Å². The minimum absolute atomic E-state index is 0.0899. The number of halogens is 3. The Labute approximate surface area is 126 Å². The van der Waals surface area contributed by atoms with Crippen molar-refractivity contribution < 1.29 is 18.0 Å². The van der Waals surface area contributed by atoms with Gasteiger partial charge in [0, 0.05) is 18.0 Å². The summed E-state index contributed by atoms with van der Waals surface area (Å²) in [6, 6.07) is 6.09. The molecule has 21 heavy (non-hydrogen) atoms. The molecule has 3 nitrogen and oxygen atoms in total. The number of carbonyl (C=O) groups is 1. The van der Waals surface area contributed by atoms with E-state index in [0.717, 1.165) is 5.56 Å². The van der Waals surface area contributed by atoms with Gasteiger partial charge in [-0.3, -0.25) is 4.79 Å². The Bertz CT molecular complexity index is 447. The van der Waals surface area contributed by atoms with Crippen LogP contribution >= 0.6 is 11.8 Å². The van der Waals surface area contributed by atoms with Gasteiger partial charge < -0.3 is 10.6 Å². The predicted molar refractivity (Wildman–Crippen MR) is 77.9 cm³/mol. The number of benzene rings is 1. The van der Waals surface area contributed by atoms with E-state index in [1.807, 2.05) is 13.8 Å². The third-order valence-corrected chi connectivity index (χ3v) is 3.22. The molecule has 0 unspecified atom stereocenters. The second kappa shape index (κ2) is 8.29. The lowest BCUT2D eigenvalue weighted by Gasteiger charge is -2.09. The van der Waals surface area contributed by atoms with E-state index in [4.69, 9.17) is 0 Å². The summed E-state index contributed by atoms with van der Waals surface area (Å²) in [4.78, 5) is 11.6. The van der Waals surface area contributed by atoms with Crippen LogP contribution in [0.15, 0.2) is 29.2 Å². The van der Waals surface area contributed by atoms with Crippen molar-refractivity contribution in [2.45, 2.75) is 30.8 Å². The van der Waals surface area contributed by atoms with E-state index >= 15 is 0 Å². The SMILES string of the molecule is CC(C)CNC(=O)CNCc1ccc(SC(F)(F)F)cc1. The number of amides is 1. The standard InChI is InChI=1S/C14H19F3N2OS/c1-10(2)7-19-13(20)9-18-8-11-3-5-12(6-4-11)21-14(15,16)17/h3-6,10,18H,7-9H2,1-2H3,(H,19,20). The number of hydrogen-bond acceptors (Lipinski definition) is 3. The smallest absolute Gasteiger partial charge is 0.355 e. The molecule has 0 spiro atoms. The maximum Gasteiger partial charge on any atom is 0.446 e. The summed E-state index contributed by atoms with van der Waals surface area (Å²) < 4.78 is 36.5. The minimum atomic E-state index is -4.27. The maximum atomic E-state index is 12.2. The summed E-state index contributed by atoms with van der Waals surface area (Å²) in [5, 5.41) is 5.73. The van der Waals surface area contributed by atoms with E-state index in [2.05, 4.69) is 10.6 Å². The van der Waals surface area contributed by atoms with Gasteiger partial charge in [0.1, 0.15) is 0 Å². The van der Waals surface area contributed by atoms with Gasteiger partial charge in [-0.1, -0.05) is 26.0 Å². The van der Waals surface area contributed by atoms with Crippen LogP contribution in [0.1, 0.15) is 19.4 Å². The van der Waals surface area contributed by atoms with Gasteiger partial charge in [-0.15, -0.1) is 0 Å². The van der Waals surface area contributed by atoms with Crippen LogP contribution < -0.4 is 10.6 Å². The Morgan fingerprint density at radius 3 is 2.38 bits per heavy atom. The molecule has 1 amide bonds. The zero-order valence-corrected chi connectivity index (χ0v) is 12.8. The zero-order valence-electron chi connectivity index (χ0n) is 12.0. The quantitative estimate of drug-likeness (QED) is 0.758. The average molecular weight is 320 g/mol. The summed E-state index contributed by atoms with van der Waals surface area (Å²) in [5.41, 5.74) is -3.44. The van der Waals surface area contributed by atoms with Crippen molar-refractivity contribution in [1.82, 2.24) is 10.6 Å². The lowest BCUT2D eigenvalue weighted by Crippen LogP contribution is -2.35. The molecule has 1 rings (SSSR count). The molecule has 0 bridgehead atoms. The second-order valence-electron chi connectivity index (χ2n) is 4.99. The molecule has 1 aromatic rings. The zero-order chi connectivity index (χ0) is 15.9. The molecule has 0 aromatic heterocycles. The van der Waals surface area contributed by atoms with Gasteiger partial charge in [0.25, 0.3) is 0 Å². The van der Waals surface area contributed by atoms with E-state index in [-0.39, 0.29) is 29.1 Å². The number of hydrogen-bond donors (Lipinski definition) is 2. The van der Waals surface area contributed by atoms with E-state index in [9.17, 15) is 18.0 Å². The molecule has 0 aliphatic rings. The predicted octanol–water partition coefficient (Wildman–Crippen LogP) is 3.16. The highest BCUT2D eigenvalue weighted by Gasteiger charge is 2.28. The van der Waals surface area contributed by atoms with Crippen LogP contribution in [0.25, 0.3) is 0 Å².